The first-order valence-corrected chi connectivity index (χ1v) is 7.39. The number of hydrogen-bond donors (Lipinski definition) is 0. The average Bonchev–Trinajstić information content (AvgIpc) is 2.31. The zero-order valence-electron chi connectivity index (χ0n) is 9.41. The second-order valence-corrected chi connectivity index (χ2v) is 4.79. The lowest BCUT2D eigenvalue weighted by atomic mass is 10.2. The molecule has 0 aliphatic carbocycles. The highest BCUT2D eigenvalue weighted by molar-refractivity contribution is 14.1. The molecule has 1 heterocycles. The van der Waals surface area contributed by atoms with E-state index in [1.807, 2.05) is 0 Å². The third kappa shape index (κ3) is 6.04. The van der Waals surface area contributed by atoms with Crippen LogP contribution in [0.5, 0.6) is 0 Å². The molecule has 0 aromatic carbocycles. The molecule has 4 heteroatoms. The van der Waals surface area contributed by atoms with E-state index in [1.54, 1.807) is 0 Å². The Morgan fingerprint density at radius 2 is 2.33 bits per heavy atom. The Morgan fingerprint density at radius 3 is 2.93 bits per heavy atom. The van der Waals surface area contributed by atoms with Gasteiger partial charge in [0.25, 0.3) is 0 Å². The van der Waals surface area contributed by atoms with E-state index in [2.05, 4.69) is 29.5 Å². The molecule has 90 valence electrons. The third-order valence-corrected chi connectivity index (χ3v) is 3.47. The second-order valence-electron chi connectivity index (χ2n) is 3.91. The summed E-state index contributed by atoms with van der Waals surface area (Å²) in [6.45, 7) is 2.99. The van der Waals surface area contributed by atoms with Crippen LogP contribution < -0.4 is 0 Å². The van der Waals surface area contributed by atoms with Crippen molar-refractivity contribution >= 4 is 22.6 Å². The molecule has 0 aromatic heterocycles. The van der Waals surface area contributed by atoms with Gasteiger partial charge < -0.3 is 4.74 Å². The van der Waals surface area contributed by atoms with E-state index in [-0.39, 0.29) is 12.4 Å². The first kappa shape index (κ1) is 13.7. The molecule has 0 aromatic rings. The van der Waals surface area contributed by atoms with Crippen molar-refractivity contribution in [1.29, 1.82) is 0 Å². The minimum Gasteiger partial charge on any atom is -0.350 e. The Bertz CT molecular complexity index is 149. The Labute approximate surface area is 106 Å². The Balaban J connectivity index is 2.09. The third-order valence-electron chi connectivity index (χ3n) is 2.49. The number of unbranched alkanes of at least 4 members (excludes halogenated alkanes) is 1. The fourth-order valence-corrected chi connectivity index (χ4v) is 2.10. The summed E-state index contributed by atoms with van der Waals surface area (Å²) in [4.78, 5) is 10.7. The van der Waals surface area contributed by atoms with Gasteiger partial charge in [-0.3, -0.25) is 0 Å². The summed E-state index contributed by atoms with van der Waals surface area (Å²) in [5.41, 5.74) is 0. The molecule has 1 rings (SSSR count). The van der Waals surface area contributed by atoms with Crippen LogP contribution in [0, 0.1) is 0 Å². The summed E-state index contributed by atoms with van der Waals surface area (Å²) in [6.07, 6.45) is 6.85. The fraction of sp³-hybridized carbons (Fsp3) is 1.00. The van der Waals surface area contributed by atoms with E-state index < -0.39 is 0 Å². The number of hydrogen-bond acceptors (Lipinski definition) is 3. The monoisotopic (exact) mass is 328 g/mol. The smallest absolute Gasteiger partial charge is 0.191 e. The molecule has 2 atom stereocenters. The molecular formula is C11H21IO3. The van der Waals surface area contributed by atoms with Crippen LogP contribution in [0.15, 0.2) is 0 Å². The maximum absolute atomic E-state index is 5.43. The van der Waals surface area contributed by atoms with Gasteiger partial charge in [-0.25, -0.2) is 9.78 Å². The number of ether oxygens (including phenoxy) is 1. The molecule has 0 radical (unpaired) electrons. The van der Waals surface area contributed by atoms with Gasteiger partial charge >= 0.3 is 0 Å². The molecule has 0 amide bonds. The lowest BCUT2D eigenvalue weighted by molar-refractivity contribution is -0.400. The standard InChI is InChI=1S/C11H21IO3/c1-2-3-6-10(9-12)14-15-11-7-4-5-8-13-11/h10-11H,2-9H2,1H3. The molecule has 1 fully saturated rings. The van der Waals surface area contributed by atoms with E-state index in [9.17, 15) is 0 Å². The number of halogens is 1. The normalized spacial score (nSPS) is 24.0. The van der Waals surface area contributed by atoms with Crippen molar-refractivity contribution in [2.45, 2.75) is 57.8 Å². The minimum absolute atomic E-state index is 0.133. The Hall–Kier alpha value is 0.610. The molecule has 1 aliphatic heterocycles. The lowest BCUT2D eigenvalue weighted by Crippen LogP contribution is -2.26. The fourth-order valence-electron chi connectivity index (χ4n) is 1.51. The van der Waals surface area contributed by atoms with Gasteiger partial charge in [0.15, 0.2) is 6.29 Å². The van der Waals surface area contributed by atoms with Crippen molar-refractivity contribution in [3.8, 4) is 0 Å². The van der Waals surface area contributed by atoms with Gasteiger partial charge in [-0.15, -0.1) is 0 Å². The van der Waals surface area contributed by atoms with Gasteiger partial charge in [-0.1, -0.05) is 42.4 Å². The summed E-state index contributed by atoms with van der Waals surface area (Å²) in [5, 5.41) is 0. The summed E-state index contributed by atoms with van der Waals surface area (Å²) < 4.78 is 6.40. The highest BCUT2D eigenvalue weighted by atomic mass is 127. The zero-order chi connectivity index (χ0) is 10.9. The molecule has 1 saturated heterocycles. The van der Waals surface area contributed by atoms with Crippen molar-refractivity contribution in [2.24, 2.45) is 0 Å². The molecule has 2 unspecified atom stereocenters. The SMILES string of the molecule is CCCCC(CI)OOC1CCCCO1. The van der Waals surface area contributed by atoms with Gasteiger partial charge in [0.1, 0.15) is 6.10 Å². The van der Waals surface area contributed by atoms with Crippen molar-refractivity contribution in [3.63, 3.8) is 0 Å². The van der Waals surface area contributed by atoms with Crippen molar-refractivity contribution in [2.75, 3.05) is 11.0 Å². The van der Waals surface area contributed by atoms with Gasteiger partial charge in [0.2, 0.25) is 0 Å². The van der Waals surface area contributed by atoms with Crippen molar-refractivity contribution < 1.29 is 14.5 Å². The molecule has 0 saturated carbocycles. The molecule has 3 nitrogen and oxygen atoms in total. The summed E-state index contributed by atoms with van der Waals surface area (Å²) in [6, 6.07) is 0. The van der Waals surface area contributed by atoms with Crippen LogP contribution in [0.3, 0.4) is 0 Å². The van der Waals surface area contributed by atoms with Crippen LogP contribution >= 0.6 is 22.6 Å². The predicted octanol–water partition coefficient (Wildman–Crippen LogP) is 3.46. The summed E-state index contributed by atoms with van der Waals surface area (Å²) in [5.74, 6) is 0. The Kier molecular flexibility index (Phi) is 7.96. The average molecular weight is 328 g/mol. The molecule has 0 spiro atoms. The van der Waals surface area contributed by atoms with E-state index >= 15 is 0 Å². The molecule has 0 N–H and O–H groups in total. The van der Waals surface area contributed by atoms with Crippen molar-refractivity contribution in [1.82, 2.24) is 0 Å². The molecule has 1 aliphatic rings. The van der Waals surface area contributed by atoms with E-state index in [0.29, 0.717) is 0 Å². The molecule has 15 heavy (non-hydrogen) atoms. The lowest BCUT2D eigenvalue weighted by Gasteiger charge is -2.23. The van der Waals surface area contributed by atoms with Gasteiger partial charge in [-0.05, 0) is 19.3 Å². The quantitative estimate of drug-likeness (QED) is 0.310. The van der Waals surface area contributed by atoms with Crippen LogP contribution in [0.4, 0.5) is 0 Å². The Morgan fingerprint density at radius 1 is 1.47 bits per heavy atom. The van der Waals surface area contributed by atoms with Crippen LogP contribution in [-0.2, 0) is 14.5 Å². The van der Waals surface area contributed by atoms with Gasteiger partial charge in [0.05, 0.1) is 0 Å². The highest BCUT2D eigenvalue weighted by Gasteiger charge is 2.17. The van der Waals surface area contributed by atoms with E-state index in [4.69, 9.17) is 14.5 Å². The minimum atomic E-state index is -0.133. The number of alkyl halides is 1. The second kappa shape index (κ2) is 8.73. The van der Waals surface area contributed by atoms with Crippen LogP contribution in [0.2, 0.25) is 0 Å². The van der Waals surface area contributed by atoms with Crippen molar-refractivity contribution in [3.05, 3.63) is 0 Å². The van der Waals surface area contributed by atoms with E-state index in [1.165, 1.54) is 19.3 Å². The maximum atomic E-state index is 5.43. The molecule has 0 bridgehead atoms. The summed E-state index contributed by atoms with van der Waals surface area (Å²) >= 11 is 2.34. The maximum Gasteiger partial charge on any atom is 0.191 e. The van der Waals surface area contributed by atoms with E-state index in [0.717, 1.165) is 30.3 Å². The van der Waals surface area contributed by atoms with Crippen LogP contribution in [0.25, 0.3) is 0 Å². The zero-order valence-corrected chi connectivity index (χ0v) is 11.6. The largest absolute Gasteiger partial charge is 0.350 e. The van der Waals surface area contributed by atoms with Crippen LogP contribution in [0.1, 0.15) is 45.4 Å². The predicted molar refractivity (Wildman–Crippen MR) is 68.0 cm³/mol. The topological polar surface area (TPSA) is 27.7 Å². The van der Waals surface area contributed by atoms with Gasteiger partial charge in [-0.2, -0.15) is 0 Å². The highest BCUT2D eigenvalue weighted by Crippen LogP contribution is 2.16. The van der Waals surface area contributed by atoms with Gasteiger partial charge in [0, 0.05) is 17.5 Å². The summed E-state index contributed by atoms with van der Waals surface area (Å²) in [7, 11) is 0. The number of rotatable bonds is 7. The first-order valence-electron chi connectivity index (χ1n) is 5.86. The van der Waals surface area contributed by atoms with Crippen LogP contribution in [-0.4, -0.2) is 23.4 Å². The first-order chi connectivity index (χ1) is 7.36. The molecular weight excluding hydrogens is 307 g/mol.